The number of halogens is 3. The molecule has 2 heterocycles. The van der Waals surface area contributed by atoms with Gasteiger partial charge in [0.2, 0.25) is 5.88 Å². The molecule has 0 aliphatic heterocycles. The number of rotatable bonds is 11. The molecule has 11 heteroatoms. The van der Waals surface area contributed by atoms with Gasteiger partial charge in [0, 0.05) is 42.8 Å². The maximum Gasteiger partial charge on any atom is 0.214 e. The van der Waals surface area contributed by atoms with Crippen LogP contribution in [0, 0.1) is 28.8 Å². The van der Waals surface area contributed by atoms with Gasteiger partial charge in [0.05, 0.1) is 40.6 Å². The van der Waals surface area contributed by atoms with Crippen LogP contribution in [0.1, 0.15) is 55.1 Å². The van der Waals surface area contributed by atoms with Gasteiger partial charge in [0.1, 0.15) is 29.9 Å². The SMILES string of the molecule is COCCn1c(Cc2cc(F)c(-c3cccc(OCc4ccc(C#N)cc4F)n3)cc2F)nc2ccc(C(O)OC(C)(C)C)cc21. The molecule has 238 valence electrons. The third-order valence-corrected chi connectivity index (χ3v) is 7.16. The standard InChI is InChI=1S/C35H33F3N4O4/c1-35(2,3)46-34(43)22-10-11-30-31(16-22)42(12-13-44-4)32(40-30)17-24-15-28(38)25(18-27(24)37)29-6-5-7-33(41-29)45-20-23-9-8-21(19-39)14-26(23)36/h5-11,14-16,18,34,43H,12-13,17,20H2,1-4H3. The van der Waals surface area contributed by atoms with Gasteiger partial charge in [-0.15, -0.1) is 0 Å². The highest BCUT2D eigenvalue weighted by Crippen LogP contribution is 2.30. The minimum atomic E-state index is -1.16. The summed E-state index contributed by atoms with van der Waals surface area (Å²) in [6, 6.07) is 18.0. The lowest BCUT2D eigenvalue weighted by atomic mass is 10.0. The number of ether oxygens (including phenoxy) is 3. The number of methoxy groups -OCH3 is 1. The number of nitriles is 1. The van der Waals surface area contributed by atoms with Gasteiger partial charge in [0.25, 0.3) is 0 Å². The number of aliphatic hydroxyl groups excluding tert-OH is 1. The van der Waals surface area contributed by atoms with E-state index in [0.717, 1.165) is 18.2 Å². The molecule has 1 atom stereocenters. The normalized spacial score (nSPS) is 12.3. The second-order valence-electron chi connectivity index (χ2n) is 11.7. The van der Waals surface area contributed by atoms with E-state index in [4.69, 9.17) is 19.5 Å². The fraction of sp³-hybridized carbons (Fsp3) is 0.286. The van der Waals surface area contributed by atoms with Gasteiger partial charge in [-0.25, -0.2) is 23.1 Å². The lowest BCUT2D eigenvalue weighted by molar-refractivity contribution is -0.169. The average Bonchev–Trinajstić information content (AvgIpc) is 3.36. The number of pyridine rings is 1. The largest absolute Gasteiger partial charge is 0.473 e. The first-order valence-electron chi connectivity index (χ1n) is 14.6. The monoisotopic (exact) mass is 630 g/mol. The first kappa shape index (κ1) is 32.6. The Hall–Kier alpha value is -4.76. The number of aromatic nitrogens is 3. The van der Waals surface area contributed by atoms with Gasteiger partial charge in [-0.2, -0.15) is 5.26 Å². The van der Waals surface area contributed by atoms with Gasteiger partial charge < -0.3 is 23.9 Å². The van der Waals surface area contributed by atoms with Crippen molar-refractivity contribution in [3.8, 4) is 23.2 Å². The van der Waals surface area contributed by atoms with E-state index < -0.39 is 29.3 Å². The van der Waals surface area contributed by atoms with Crippen molar-refractivity contribution in [3.63, 3.8) is 0 Å². The summed E-state index contributed by atoms with van der Waals surface area (Å²) in [6.45, 7) is 6.11. The molecular weight excluding hydrogens is 597 g/mol. The molecule has 2 aromatic heterocycles. The van der Waals surface area contributed by atoms with E-state index in [1.807, 2.05) is 31.4 Å². The van der Waals surface area contributed by atoms with Crippen molar-refractivity contribution in [2.45, 2.75) is 52.2 Å². The van der Waals surface area contributed by atoms with Crippen LogP contribution in [0.15, 0.2) is 66.7 Å². The summed E-state index contributed by atoms with van der Waals surface area (Å²) in [5, 5.41) is 19.6. The fourth-order valence-electron chi connectivity index (χ4n) is 4.93. The summed E-state index contributed by atoms with van der Waals surface area (Å²) < 4.78 is 63.7. The van der Waals surface area contributed by atoms with E-state index in [1.165, 1.54) is 24.3 Å². The van der Waals surface area contributed by atoms with E-state index in [0.29, 0.717) is 35.6 Å². The van der Waals surface area contributed by atoms with Crippen LogP contribution in [-0.2, 0) is 29.0 Å². The number of imidazole rings is 1. The predicted octanol–water partition coefficient (Wildman–Crippen LogP) is 7.01. The zero-order valence-corrected chi connectivity index (χ0v) is 25.9. The van der Waals surface area contributed by atoms with Crippen LogP contribution in [0.3, 0.4) is 0 Å². The van der Waals surface area contributed by atoms with Crippen LogP contribution in [0.2, 0.25) is 0 Å². The summed E-state index contributed by atoms with van der Waals surface area (Å²) >= 11 is 0. The molecule has 8 nitrogen and oxygen atoms in total. The Kier molecular flexibility index (Phi) is 9.72. The molecule has 1 unspecified atom stereocenters. The molecular formula is C35H33F3N4O4. The molecule has 5 rings (SSSR count). The Morgan fingerprint density at radius 3 is 2.43 bits per heavy atom. The molecule has 0 amide bonds. The minimum absolute atomic E-state index is 0.00938. The van der Waals surface area contributed by atoms with Crippen LogP contribution >= 0.6 is 0 Å². The molecule has 0 aliphatic rings. The highest BCUT2D eigenvalue weighted by molar-refractivity contribution is 5.77. The quantitative estimate of drug-likeness (QED) is 0.157. The van der Waals surface area contributed by atoms with Crippen LogP contribution in [-0.4, -0.2) is 39.0 Å². The Bertz CT molecular complexity index is 1910. The van der Waals surface area contributed by atoms with E-state index >= 15 is 8.78 Å². The van der Waals surface area contributed by atoms with Crippen LogP contribution in [0.25, 0.3) is 22.3 Å². The second kappa shape index (κ2) is 13.7. The van der Waals surface area contributed by atoms with Crippen molar-refractivity contribution in [1.29, 1.82) is 5.26 Å². The zero-order valence-electron chi connectivity index (χ0n) is 25.9. The molecule has 0 fully saturated rings. The number of fused-ring (bicyclic) bond motifs is 1. The van der Waals surface area contributed by atoms with Gasteiger partial charge in [-0.3, -0.25) is 0 Å². The van der Waals surface area contributed by atoms with Crippen molar-refractivity contribution in [2.75, 3.05) is 13.7 Å². The number of hydrogen-bond acceptors (Lipinski definition) is 7. The predicted molar refractivity (Wildman–Crippen MR) is 165 cm³/mol. The first-order chi connectivity index (χ1) is 22.0. The number of nitrogens with zero attached hydrogens (tertiary/aromatic N) is 4. The molecule has 0 aliphatic carbocycles. The van der Waals surface area contributed by atoms with Gasteiger partial charge >= 0.3 is 0 Å². The molecule has 0 radical (unpaired) electrons. The average molecular weight is 631 g/mol. The number of benzene rings is 3. The van der Waals surface area contributed by atoms with E-state index in [2.05, 4.69) is 9.97 Å². The van der Waals surface area contributed by atoms with Crippen molar-refractivity contribution in [2.24, 2.45) is 0 Å². The Morgan fingerprint density at radius 1 is 0.935 bits per heavy atom. The zero-order chi connectivity index (χ0) is 33.0. The van der Waals surface area contributed by atoms with Crippen molar-refractivity contribution >= 4 is 11.0 Å². The summed E-state index contributed by atoms with van der Waals surface area (Å²) in [4.78, 5) is 8.98. The molecule has 0 spiro atoms. The van der Waals surface area contributed by atoms with E-state index in [-0.39, 0.29) is 46.9 Å². The first-order valence-corrected chi connectivity index (χ1v) is 14.6. The summed E-state index contributed by atoms with van der Waals surface area (Å²) in [7, 11) is 1.57. The fourth-order valence-corrected chi connectivity index (χ4v) is 4.93. The summed E-state index contributed by atoms with van der Waals surface area (Å²) in [6.07, 6.45) is -1.17. The van der Waals surface area contributed by atoms with Crippen LogP contribution in [0.4, 0.5) is 13.2 Å². The maximum atomic E-state index is 15.5. The van der Waals surface area contributed by atoms with E-state index in [1.54, 1.807) is 31.4 Å². The molecule has 1 N–H and O–H groups in total. The van der Waals surface area contributed by atoms with Crippen LogP contribution < -0.4 is 4.74 Å². The Morgan fingerprint density at radius 2 is 1.72 bits per heavy atom. The summed E-state index contributed by atoms with van der Waals surface area (Å²) in [5.74, 6) is -1.35. The lowest BCUT2D eigenvalue weighted by Gasteiger charge is -2.24. The van der Waals surface area contributed by atoms with Crippen molar-refractivity contribution in [3.05, 3.63) is 112 Å². The molecule has 0 saturated carbocycles. The van der Waals surface area contributed by atoms with Gasteiger partial charge in [0.15, 0.2) is 6.29 Å². The van der Waals surface area contributed by atoms with Crippen LogP contribution in [0.5, 0.6) is 5.88 Å². The third-order valence-electron chi connectivity index (χ3n) is 7.16. The van der Waals surface area contributed by atoms with E-state index in [9.17, 15) is 9.50 Å². The van der Waals surface area contributed by atoms with Gasteiger partial charge in [-0.05, 0) is 68.8 Å². The minimum Gasteiger partial charge on any atom is -0.473 e. The maximum absolute atomic E-state index is 15.5. The topological polar surface area (TPSA) is 102 Å². The van der Waals surface area contributed by atoms with Crippen molar-refractivity contribution in [1.82, 2.24) is 14.5 Å². The van der Waals surface area contributed by atoms with Crippen molar-refractivity contribution < 1.29 is 32.5 Å². The Labute approximate surface area is 264 Å². The lowest BCUT2D eigenvalue weighted by Crippen LogP contribution is -2.22. The van der Waals surface area contributed by atoms with Gasteiger partial charge in [-0.1, -0.05) is 18.2 Å². The molecule has 46 heavy (non-hydrogen) atoms. The Balaban J connectivity index is 1.40. The highest BCUT2D eigenvalue weighted by Gasteiger charge is 2.21. The second-order valence-corrected chi connectivity index (χ2v) is 11.7. The molecule has 3 aromatic carbocycles. The smallest absolute Gasteiger partial charge is 0.214 e. The third kappa shape index (κ3) is 7.54. The summed E-state index contributed by atoms with van der Waals surface area (Å²) in [5.41, 5.74) is 1.85. The number of aliphatic hydroxyl groups is 1. The highest BCUT2D eigenvalue weighted by atomic mass is 19.1. The molecule has 0 saturated heterocycles. The number of hydrogen-bond donors (Lipinski definition) is 1. The molecule has 5 aromatic rings. The molecule has 0 bridgehead atoms.